The molecule has 0 aromatic heterocycles. The number of halogens is 1. The normalized spacial score (nSPS) is 9.67. The third-order valence-electron chi connectivity index (χ3n) is 1.82. The maximum atomic E-state index is 13.4. The Morgan fingerprint density at radius 2 is 1.75 bits per heavy atom. The van der Waals surface area contributed by atoms with Gasteiger partial charge in [-0.05, 0) is 31.9 Å². The van der Waals surface area contributed by atoms with Gasteiger partial charge in [0.15, 0.2) is 0 Å². The van der Waals surface area contributed by atoms with E-state index in [2.05, 4.69) is 0 Å². The zero-order valence-electron chi connectivity index (χ0n) is 7.69. The summed E-state index contributed by atoms with van der Waals surface area (Å²) in [6, 6.07) is 7.48. The van der Waals surface area contributed by atoms with Gasteiger partial charge in [0, 0.05) is 5.56 Å². The van der Waals surface area contributed by atoms with E-state index >= 15 is 0 Å². The van der Waals surface area contributed by atoms with Crippen molar-refractivity contribution in [3.63, 3.8) is 0 Å². The second-order valence-electron chi connectivity index (χ2n) is 3.13. The predicted octanol–water partition coefficient (Wildman–Crippen LogP) is 3.72. The number of allylic oxidation sites excluding steroid dienone is 1. The molecule has 0 amide bonds. The van der Waals surface area contributed by atoms with E-state index in [1.807, 2.05) is 25.1 Å². The van der Waals surface area contributed by atoms with Crippen molar-refractivity contribution in [3.05, 3.63) is 41.0 Å². The lowest BCUT2D eigenvalue weighted by atomic mass is 10.1. The first-order valence-corrected chi connectivity index (χ1v) is 4.02. The molecule has 0 bridgehead atoms. The van der Waals surface area contributed by atoms with Crippen molar-refractivity contribution in [2.45, 2.75) is 20.8 Å². The maximum absolute atomic E-state index is 13.4. The van der Waals surface area contributed by atoms with Crippen LogP contribution in [0.5, 0.6) is 0 Å². The van der Waals surface area contributed by atoms with E-state index in [1.54, 1.807) is 19.9 Å². The fourth-order valence-electron chi connectivity index (χ4n) is 1.09. The zero-order valence-corrected chi connectivity index (χ0v) is 7.69. The lowest BCUT2D eigenvalue weighted by Gasteiger charge is -2.03. The standard InChI is InChI=1S/C11H13F/c1-8(2)11(12)10-7-5-4-6-9(10)3/h4-7H,1-3H3. The summed E-state index contributed by atoms with van der Waals surface area (Å²) >= 11 is 0. The van der Waals surface area contributed by atoms with E-state index in [4.69, 9.17) is 0 Å². The van der Waals surface area contributed by atoms with Gasteiger partial charge in [-0.3, -0.25) is 0 Å². The molecular formula is C11H13F. The highest BCUT2D eigenvalue weighted by Crippen LogP contribution is 2.22. The van der Waals surface area contributed by atoms with Gasteiger partial charge in [0.2, 0.25) is 0 Å². The van der Waals surface area contributed by atoms with Crippen LogP contribution >= 0.6 is 0 Å². The van der Waals surface area contributed by atoms with E-state index < -0.39 is 0 Å². The fourth-order valence-corrected chi connectivity index (χ4v) is 1.09. The molecule has 0 nitrogen and oxygen atoms in total. The highest BCUT2D eigenvalue weighted by atomic mass is 19.1. The van der Waals surface area contributed by atoms with Crippen LogP contribution in [0, 0.1) is 6.92 Å². The second-order valence-corrected chi connectivity index (χ2v) is 3.13. The molecule has 0 atom stereocenters. The molecule has 0 saturated heterocycles. The first kappa shape index (κ1) is 8.98. The Morgan fingerprint density at radius 1 is 1.17 bits per heavy atom. The summed E-state index contributed by atoms with van der Waals surface area (Å²) in [6.45, 7) is 5.47. The quantitative estimate of drug-likeness (QED) is 0.593. The Hall–Kier alpha value is -1.11. The fraction of sp³-hybridized carbons (Fsp3) is 0.273. The van der Waals surface area contributed by atoms with Crippen molar-refractivity contribution in [2.75, 3.05) is 0 Å². The van der Waals surface area contributed by atoms with Crippen LogP contribution in [0.1, 0.15) is 25.0 Å². The summed E-state index contributed by atoms with van der Waals surface area (Å²) in [4.78, 5) is 0. The number of aryl methyl sites for hydroxylation is 1. The largest absolute Gasteiger partial charge is 0.206 e. The summed E-state index contributed by atoms with van der Waals surface area (Å²) in [5.74, 6) is -0.104. The molecule has 1 aromatic rings. The van der Waals surface area contributed by atoms with Crippen molar-refractivity contribution in [2.24, 2.45) is 0 Å². The van der Waals surface area contributed by atoms with Crippen LogP contribution in [0.4, 0.5) is 4.39 Å². The second kappa shape index (κ2) is 3.53. The van der Waals surface area contributed by atoms with E-state index in [0.29, 0.717) is 5.56 Å². The maximum Gasteiger partial charge on any atom is 0.129 e. The van der Waals surface area contributed by atoms with Crippen molar-refractivity contribution in [3.8, 4) is 0 Å². The molecule has 64 valence electrons. The Labute approximate surface area is 72.7 Å². The van der Waals surface area contributed by atoms with Crippen LogP contribution in [0.15, 0.2) is 29.8 Å². The first-order chi connectivity index (χ1) is 5.63. The number of hydrogen-bond acceptors (Lipinski definition) is 0. The molecular weight excluding hydrogens is 151 g/mol. The molecule has 1 aromatic carbocycles. The van der Waals surface area contributed by atoms with Crippen LogP contribution in [-0.2, 0) is 0 Å². The number of benzene rings is 1. The van der Waals surface area contributed by atoms with Gasteiger partial charge in [-0.1, -0.05) is 24.3 Å². The average Bonchev–Trinajstić information content (AvgIpc) is 2.04. The monoisotopic (exact) mass is 164 g/mol. The van der Waals surface area contributed by atoms with Gasteiger partial charge in [-0.25, -0.2) is 4.39 Å². The first-order valence-electron chi connectivity index (χ1n) is 4.02. The number of rotatable bonds is 1. The predicted molar refractivity (Wildman–Crippen MR) is 50.6 cm³/mol. The molecule has 1 rings (SSSR count). The minimum Gasteiger partial charge on any atom is -0.206 e. The van der Waals surface area contributed by atoms with Crippen LogP contribution in [0.3, 0.4) is 0 Å². The zero-order chi connectivity index (χ0) is 9.14. The third-order valence-corrected chi connectivity index (χ3v) is 1.82. The minimum atomic E-state index is -0.104. The van der Waals surface area contributed by atoms with Crippen LogP contribution in [0.25, 0.3) is 5.83 Å². The van der Waals surface area contributed by atoms with Gasteiger partial charge in [0.05, 0.1) is 0 Å². The lowest BCUT2D eigenvalue weighted by molar-refractivity contribution is 0.748. The molecule has 1 heteroatoms. The molecule has 0 aliphatic carbocycles. The highest BCUT2D eigenvalue weighted by molar-refractivity contribution is 5.64. The summed E-state index contributed by atoms with van der Waals surface area (Å²) in [6.07, 6.45) is 0. The van der Waals surface area contributed by atoms with Gasteiger partial charge in [0.1, 0.15) is 5.83 Å². The van der Waals surface area contributed by atoms with E-state index in [0.717, 1.165) is 11.1 Å². The van der Waals surface area contributed by atoms with E-state index in [1.165, 1.54) is 0 Å². The summed E-state index contributed by atoms with van der Waals surface area (Å²) < 4.78 is 13.4. The third kappa shape index (κ3) is 1.73. The molecule has 0 saturated carbocycles. The van der Waals surface area contributed by atoms with Gasteiger partial charge in [-0.15, -0.1) is 0 Å². The van der Waals surface area contributed by atoms with Crippen molar-refractivity contribution < 1.29 is 4.39 Å². The van der Waals surface area contributed by atoms with E-state index in [-0.39, 0.29) is 5.83 Å². The molecule has 0 spiro atoms. The minimum absolute atomic E-state index is 0.104. The molecule has 0 aliphatic heterocycles. The summed E-state index contributed by atoms with van der Waals surface area (Å²) in [7, 11) is 0. The van der Waals surface area contributed by atoms with Crippen LogP contribution < -0.4 is 0 Å². The Bertz CT molecular complexity index is 307. The average molecular weight is 164 g/mol. The van der Waals surface area contributed by atoms with E-state index in [9.17, 15) is 4.39 Å². The van der Waals surface area contributed by atoms with Gasteiger partial charge >= 0.3 is 0 Å². The van der Waals surface area contributed by atoms with Crippen molar-refractivity contribution in [1.29, 1.82) is 0 Å². The van der Waals surface area contributed by atoms with Gasteiger partial charge in [0.25, 0.3) is 0 Å². The van der Waals surface area contributed by atoms with Crippen molar-refractivity contribution in [1.82, 2.24) is 0 Å². The van der Waals surface area contributed by atoms with Gasteiger partial charge < -0.3 is 0 Å². The van der Waals surface area contributed by atoms with Gasteiger partial charge in [-0.2, -0.15) is 0 Å². The Kier molecular flexibility index (Phi) is 2.64. The smallest absolute Gasteiger partial charge is 0.129 e. The van der Waals surface area contributed by atoms with Crippen molar-refractivity contribution >= 4 is 5.83 Å². The number of hydrogen-bond donors (Lipinski definition) is 0. The Balaban J connectivity index is 3.21. The molecule has 0 heterocycles. The Morgan fingerprint density at radius 3 is 2.25 bits per heavy atom. The molecule has 0 N–H and O–H groups in total. The molecule has 0 fully saturated rings. The van der Waals surface area contributed by atoms with Crippen LogP contribution in [0.2, 0.25) is 0 Å². The molecule has 0 unspecified atom stereocenters. The topological polar surface area (TPSA) is 0 Å². The molecule has 12 heavy (non-hydrogen) atoms. The van der Waals surface area contributed by atoms with Crippen LogP contribution in [-0.4, -0.2) is 0 Å². The summed E-state index contributed by atoms with van der Waals surface area (Å²) in [5, 5.41) is 0. The SMILES string of the molecule is CC(C)=C(F)c1ccccc1C. The molecule has 0 radical (unpaired) electrons. The summed E-state index contributed by atoms with van der Waals surface area (Å²) in [5.41, 5.74) is 2.41. The molecule has 0 aliphatic rings. The lowest BCUT2D eigenvalue weighted by Crippen LogP contribution is -1.84. The highest BCUT2D eigenvalue weighted by Gasteiger charge is 2.03.